The van der Waals surface area contributed by atoms with Crippen LogP contribution < -0.4 is 5.73 Å². The van der Waals surface area contributed by atoms with E-state index in [0.29, 0.717) is 12.0 Å². The van der Waals surface area contributed by atoms with E-state index in [2.05, 4.69) is 0 Å². The number of aliphatic hydroxyl groups excluding tert-OH is 1. The largest absolute Gasteiger partial charge is 0.508 e. The molecule has 0 radical (unpaired) electrons. The molecular weight excluding hydrogens is 182 g/mol. The second-order valence-corrected chi connectivity index (χ2v) is 3.63. The van der Waals surface area contributed by atoms with Gasteiger partial charge in [-0.05, 0) is 31.0 Å². The first-order chi connectivity index (χ1) is 6.45. The van der Waals surface area contributed by atoms with Crippen LogP contribution in [0.15, 0.2) is 18.2 Å². The second-order valence-electron chi connectivity index (χ2n) is 3.63. The number of nitrogens with two attached hydrogens (primary N) is 1. The Labute approximate surface area is 82.6 Å². The summed E-state index contributed by atoms with van der Waals surface area (Å²) >= 11 is 0. The summed E-state index contributed by atoms with van der Waals surface area (Å²) in [5.41, 5.74) is 5.76. The molecule has 0 heterocycles. The van der Waals surface area contributed by atoms with Gasteiger partial charge in [-0.25, -0.2) is 0 Å². The van der Waals surface area contributed by atoms with Crippen molar-refractivity contribution >= 4 is 0 Å². The van der Waals surface area contributed by atoms with Crippen molar-refractivity contribution in [3.63, 3.8) is 0 Å². The maximum atomic E-state index is 9.25. The Morgan fingerprint density at radius 2 is 1.71 bits per heavy atom. The quantitative estimate of drug-likeness (QED) is 0.573. The molecule has 0 bridgehead atoms. The Kier molecular flexibility index (Phi) is 2.98. The number of rotatable bonds is 3. The molecule has 0 saturated carbocycles. The van der Waals surface area contributed by atoms with Gasteiger partial charge in [-0.2, -0.15) is 0 Å². The Hall–Kier alpha value is -1.26. The van der Waals surface area contributed by atoms with Gasteiger partial charge in [-0.1, -0.05) is 0 Å². The van der Waals surface area contributed by atoms with Gasteiger partial charge in [0.1, 0.15) is 11.5 Å². The summed E-state index contributed by atoms with van der Waals surface area (Å²) in [6.07, 6.45) is 0.371. The first-order valence-electron chi connectivity index (χ1n) is 4.39. The first-order valence-corrected chi connectivity index (χ1v) is 4.39. The smallest absolute Gasteiger partial charge is 0.119 e. The molecule has 4 heteroatoms. The van der Waals surface area contributed by atoms with Crippen molar-refractivity contribution < 1.29 is 15.3 Å². The van der Waals surface area contributed by atoms with E-state index in [4.69, 9.17) is 10.8 Å². The molecule has 5 N–H and O–H groups in total. The van der Waals surface area contributed by atoms with Crippen LogP contribution in [0, 0.1) is 0 Å². The van der Waals surface area contributed by atoms with E-state index < -0.39 is 5.54 Å². The second kappa shape index (κ2) is 3.86. The molecule has 0 saturated heterocycles. The van der Waals surface area contributed by atoms with Gasteiger partial charge in [0.05, 0.1) is 0 Å². The van der Waals surface area contributed by atoms with Crippen molar-refractivity contribution in [2.45, 2.75) is 18.9 Å². The van der Waals surface area contributed by atoms with Gasteiger partial charge in [-0.15, -0.1) is 0 Å². The van der Waals surface area contributed by atoms with Crippen molar-refractivity contribution in [2.24, 2.45) is 5.73 Å². The van der Waals surface area contributed by atoms with Crippen molar-refractivity contribution in [3.8, 4) is 11.5 Å². The van der Waals surface area contributed by atoms with E-state index >= 15 is 0 Å². The molecule has 0 aliphatic carbocycles. The summed E-state index contributed by atoms with van der Waals surface area (Å²) in [4.78, 5) is 0. The Bertz CT molecular complexity index is 303. The summed E-state index contributed by atoms with van der Waals surface area (Å²) < 4.78 is 0. The average Bonchev–Trinajstić information content (AvgIpc) is 2.02. The molecular formula is C10H15NO3. The monoisotopic (exact) mass is 197 g/mol. The molecule has 1 atom stereocenters. The molecule has 4 nitrogen and oxygen atoms in total. The Morgan fingerprint density at radius 3 is 2.14 bits per heavy atom. The maximum Gasteiger partial charge on any atom is 0.119 e. The molecule has 0 spiro atoms. The minimum absolute atomic E-state index is 0.0328. The summed E-state index contributed by atoms with van der Waals surface area (Å²) in [6.45, 7) is 1.70. The highest BCUT2D eigenvalue weighted by atomic mass is 16.3. The van der Waals surface area contributed by atoms with Crippen LogP contribution in [-0.4, -0.2) is 21.9 Å². The summed E-state index contributed by atoms with van der Waals surface area (Å²) in [5.74, 6) is -0.0655. The summed E-state index contributed by atoms with van der Waals surface area (Å²) in [7, 11) is 0. The molecule has 1 aromatic rings. The number of phenolic OH excluding ortho intramolecular Hbond substituents is 2. The van der Waals surface area contributed by atoms with Crippen LogP contribution in [0.4, 0.5) is 0 Å². The van der Waals surface area contributed by atoms with Gasteiger partial charge >= 0.3 is 0 Å². The number of aliphatic hydroxyl groups is 1. The average molecular weight is 197 g/mol. The normalized spacial score (nSPS) is 15.1. The number of hydrogen-bond acceptors (Lipinski definition) is 4. The van der Waals surface area contributed by atoms with E-state index in [-0.39, 0.29) is 18.1 Å². The van der Waals surface area contributed by atoms with Crippen molar-refractivity contribution in [1.82, 2.24) is 0 Å². The third-order valence-corrected chi connectivity index (χ3v) is 2.19. The predicted molar refractivity (Wildman–Crippen MR) is 53.0 cm³/mol. The van der Waals surface area contributed by atoms with E-state index in [9.17, 15) is 10.2 Å². The van der Waals surface area contributed by atoms with Crippen LogP contribution in [0.1, 0.15) is 18.9 Å². The SMILES string of the molecule is C[C@@](N)(CCO)c1cc(O)cc(O)c1. The number of aromatic hydroxyl groups is 2. The summed E-state index contributed by atoms with van der Waals surface area (Å²) in [5, 5.41) is 27.3. The molecule has 0 aromatic heterocycles. The number of benzene rings is 1. The molecule has 14 heavy (non-hydrogen) atoms. The lowest BCUT2D eigenvalue weighted by Crippen LogP contribution is -2.33. The van der Waals surface area contributed by atoms with Crippen LogP contribution in [0.5, 0.6) is 11.5 Å². The Morgan fingerprint density at radius 1 is 1.21 bits per heavy atom. The zero-order valence-corrected chi connectivity index (χ0v) is 8.07. The highest BCUT2D eigenvalue weighted by Gasteiger charge is 2.21. The molecule has 0 aliphatic heterocycles. The van der Waals surface area contributed by atoms with Crippen LogP contribution in [0.2, 0.25) is 0 Å². The third kappa shape index (κ3) is 2.37. The fourth-order valence-electron chi connectivity index (χ4n) is 1.30. The van der Waals surface area contributed by atoms with Gasteiger partial charge in [0.2, 0.25) is 0 Å². The lowest BCUT2D eigenvalue weighted by atomic mass is 9.90. The van der Waals surface area contributed by atoms with Gasteiger partial charge < -0.3 is 21.1 Å². The Balaban J connectivity index is 3.05. The molecule has 0 amide bonds. The van der Waals surface area contributed by atoms with Gasteiger partial charge in [-0.3, -0.25) is 0 Å². The fourth-order valence-corrected chi connectivity index (χ4v) is 1.30. The van der Waals surface area contributed by atoms with Crippen molar-refractivity contribution in [3.05, 3.63) is 23.8 Å². The van der Waals surface area contributed by atoms with Crippen LogP contribution in [0.3, 0.4) is 0 Å². The van der Waals surface area contributed by atoms with E-state index in [1.54, 1.807) is 6.92 Å². The van der Waals surface area contributed by atoms with E-state index in [0.717, 1.165) is 0 Å². The molecule has 0 fully saturated rings. The van der Waals surface area contributed by atoms with E-state index in [1.807, 2.05) is 0 Å². The molecule has 78 valence electrons. The highest BCUT2D eigenvalue weighted by molar-refractivity contribution is 5.39. The number of phenols is 2. The maximum absolute atomic E-state index is 9.25. The highest BCUT2D eigenvalue weighted by Crippen LogP contribution is 2.28. The topological polar surface area (TPSA) is 86.7 Å². The van der Waals surface area contributed by atoms with Gasteiger partial charge in [0, 0.05) is 18.2 Å². The number of hydrogen-bond donors (Lipinski definition) is 4. The standard InChI is InChI=1S/C10H15NO3/c1-10(11,2-3-12)7-4-8(13)6-9(14)5-7/h4-6,12-14H,2-3,11H2,1H3/t10-/m1/s1. The minimum atomic E-state index is -0.745. The predicted octanol–water partition coefficient (Wildman–Crippen LogP) is 0.654. The van der Waals surface area contributed by atoms with Crippen molar-refractivity contribution in [2.75, 3.05) is 6.61 Å². The van der Waals surface area contributed by atoms with Gasteiger partial charge in [0.25, 0.3) is 0 Å². The van der Waals surface area contributed by atoms with Crippen LogP contribution in [0.25, 0.3) is 0 Å². The van der Waals surface area contributed by atoms with Gasteiger partial charge in [0.15, 0.2) is 0 Å². The minimum Gasteiger partial charge on any atom is -0.508 e. The third-order valence-electron chi connectivity index (χ3n) is 2.19. The van der Waals surface area contributed by atoms with Crippen molar-refractivity contribution in [1.29, 1.82) is 0 Å². The molecule has 1 aromatic carbocycles. The molecule has 0 aliphatic rings. The lowest BCUT2D eigenvalue weighted by Gasteiger charge is -2.24. The van der Waals surface area contributed by atoms with Crippen LogP contribution in [-0.2, 0) is 5.54 Å². The lowest BCUT2D eigenvalue weighted by molar-refractivity contribution is 0.246. The zero-order chi connectivity index (χ0) is 10.8. The van der Waals surface area contributed by atoms with E-state index in [1.165, 1.54) is 18.2 Å². The van der Waals surface area contributed by atoms with Crippen LogP contribution >= 0.6 is 0 Å². The zero-order valence-electron chi connectivity index (χ0n) is 8.07. The first kappa shape index (κ1) is 10.8. The molecule has 1 rings (SSSR count). The molecule has 0 unspecified atom stereocenters. The summed E-state index contributed by atoms with van der Waals surface area (Å²) in [6, 6.07) is 4.20. The fraction of sp³-hybridized carbons (Fsp3) is 0.400.